The lowest BCUT2D eigenvalue weighted by Gasteiger charge is -2.31. The van der Waals surface area contributed by atoms with Gasteiger partial charge in [0.1, 0.15) is 11.5 Å². The number of aromatic nitrogens is 4. The molecule has 11 heteroatoms. The van der Waals surface area contributed by atoms with Gasteiger partial charge >= 0.3 is 0 Å². The van der Waals surface area contributed by atoms with Crippen molar-refractivity contribution in [2.75, 3.05) is 26.2 Å². The van der Waals surface area contributed by atoms with E-state index in [-0.39, 0.29) is 10.7 Å². The fraction of sp³-hybridized carbons (Fsp3) is 0.333. The molecule has 0 unspecified atom stereocenters. The Morgan fingerprint density at radius 1 is 1.14 bits per heavy atom. The number of H-pyrrole nitrogens is 1. The summed E-state index contributed by atoms with van der Waals surface area (Å²) in [7, 11) is -3.54. The SMILES string of the molecule is O=S(=O)(NCCN1CCC(Cn2cc(-c3c[nH]c4ccc(F)cc34)nn2)CC1)c1ccc(Cl)cc1. The largest absolute Gasteiger partial charge is 0.360 e. The van der Waals surface area contributed by atoms with Crippen molar-refractivity contribution in [2.45, 2.75) is 24.3 Å². The number of piperidine rings is 1. The van der Waals surface area contributed by atoms with Crippen molar-refractivity contribution < 1.29 is 12.8 Å². The summed E-state index contributed by atoms with van der Waals surface area (Å²) in [5.41, 5.74) is 2.41. The fourth-order valence-corrected chi connectivity index (χ4v) is 5.66. The van der Waals surface area contributed by atoms with Gasteiger partial charge in [0.25, 0.3) is 0 Å². The predicted molar refractivity (Wildman–Crippen MR) is 133 cm³/mol. The first-order valence-corrected chi connectivity index (χ1v) is 13.4. The molecule has 4 aromatic rings. The van der Waals surface area contributed by atoms with Crippen molar-refractivity contribution >= 4 is 32.5 Å². The lowest BCUT2D eigenvalue weighted by atomic mass is 9.97. The molecule has 2 N–H and O–H groups in total. The minimum atomic E-state index is -3.54. The van der Waals surface area contributed by atoms with E-state index in [0.29, 0.717) is 29.7 Å². The summed E-state index contributed by atoms with van der Waals surface area (Å²) in [6, 6.07) is 10.8. The highest BCUT2D eigenvalue weighted by atomic mass is 35.5. The number of fused-ring (bicyclic) bond motifs is 1. The number of aromatic amines is 1. The fourth-order valence-electron chi connectivity index (χ4n) is 4.51. The first kappa shape index (κ1) is 23.9. The van der Waals surface area contributed by atoms with Crippen molar-refractivity contribution in [2.24, 2.45) is 5.92 Å². The van der Waals surface area contributed by atoms with Crippen LogP contribution in [0.25, 0.3) is 22.2 Å². The van der Waals surface area contributed by atoms with Crippen LogP contribution in [0.15, 0.2) is 59.8 Å². The number of nitrogens with zero attached hydrogens (tertiary/aromatic N) is 4. The quantitative estimate of drug-likeness (QED) is 0.370. The maximum absolute atomic E-state index is 13.7. The summed E-state index contributed by atoms with van der Waals surface area (Å²) >= 11 is 5.84. The molecular weight excluding hydrogens is 491 g/mol. The van der Waals surface area contributed by atoms with Gasteiger partial charge in [0.2, 0.25) is 10.0 Å². The van der Waals surface area contributed by atoms with Crippen molar-refractivity contribution in [1.82, 2.24) is 29.6 Å². The van der Waals surface area contributed by atoms with Gasteiger partial charge in [-0.15, -0.1) is 5.10 Å². The number of nitrogens with one attached hydrogen (secondary N) is 2. The maximum Gasteiger partial charge on any atom is 0.240 e. The monoisotopic (exact) mass is 516 g/mol. The molecule has 0 bridgehead atoms. The molecule has 0 spiro atoms. The highest BCUT2D eigenvalue weighted by Crippen LogP contribution is 2.28. The van der Waals surface area contributed by atoms with Crippen molar-refractivity contribution in [1.29, 1.82) is 0 Å². The number of sulfonamides is 1. The van der Waals surface area contributed by atoms with Crippen LogP contribution in [0, 0.1) is 11.7 Å². The van der Waals surface area contributed by atoms with Crippen LogP contribution in [0.1, 0.15) is 12.8 Å². The summed E-state index contributed by atoms with van der Waals surface area (Å²) in [5, 5.41) is 9.88. The summed E-state index contributed by atoms with van der Waals surface area (Å²) in [6.07, 6.45) is 5.73. The third-order valence-corrected chi connectivity index (χ3v) is 8.18. The van der Waals surface area contributed by atoms with E-state index in [0.717, 1.165) is 48.9 Å². The molecule has 184 valence electrons. The van der Waals surface area contributed by atoms with Crippen LogP contribution in [-0.2, 0) is 16.6 Å². The van der Waals surface area contributed by atoms with Gasteiger partial charge in [0.15, 0.2) is 0 Å². The molecule has 5 rings (SSSR count). The molecule has 0 radical (unpaired) electrons. The molecule has 2 aromatic heterocycles. The van der Waals surface area contributed by atoms with Crippen LogP contribution in [-0.4, -0.2) is 59.5 Å². The van der Waals surface area contributed by atoms with E-state index in [1.54, 1.807) is 18.2 Å². The van der Waals surface area contributed by atoms with E-state index in [1.807, 2.05) is 17.1 Å². The van der Waals surface area contributed by atoms with Crippen LogP contribution < -0.4 is 4.72 Å². The smallest absolute Gasteiger partial charge is 0.240 e. The van der Waals surface area contributed by atoms with Gasteiger partial charge in [-0.1, -0.05) is 16.8 Å². The van der Waals surface area contributed by atoms with E-state index in [2.05, 4.69) is 24.9 Å². The Bertz CT molecular complexity index is 1410. The minimum absolute atomic E-state index is 0.214. The Morgan fingerprint density at radius 3 is 2.69 bits per heavy atom. The summed E-state index contributed by atoms with van der Waals surface area (Å²) in [4.78, 5) is 5.63. The zero-order valence-corrected chi connectivity index (χ0v) is 20.6. The van der Waals surface area contributed by atoms with E-state index >= 15 is 0 Å². The molecule has 8 nitrogen and oxygen atoms in total. The number of hydrogen-bond acceptors (Lipinski definition) is 5. The second-order valence-electron chi connectivity index (χ2n) is 8.85. The molecule has 1 aliphatic heterocycles. The van der Waals surface area contributed by atoms with Crippen LogP contribution in [0.5, 0.6) is 0 Å². The Balaban J connectivity index is 1.10. The molecule has 1 aliphatic rings. The maximum atomic E-state index is 13.7. The van der Waals surface area contributed by atoms with Crippen molar-refractivity contribution in [3.05, 3.63) is 65.7 Å². The van der Waals surface area contributed by atoms with Gasteiger partial charge in [-0.3, -0.25) is 4.68 Å². The van der Waals surface area contributed by atoms with E-state index in [9.17, 15) is 12.8 Å². The topological polar surface area (TPSA) is 95.9 Å². The van der Waals surface area contributed by atoms with Gasteiger partial charge in [-0.25, -0.2) is 17.5 Å². The third-order valence-electron chi connectivity index (χ3n) is 6.45. The molecule has 0 saturated carbocycles. The minimum Gasteiger partial charge on any atom is -0.360 e. The van der Waals surface area contributed by atoms with Gasteiger partial charge in [-0.05, 0) is 74.3 Å². The zero-order valence-electron chi connectivity index (χ0n) is 19.0. The lowest BCUT2D eigenvalue weighted by Crippen LogP contribution is -2.40. The standard InChI is InChI=1S/C24H26ClFN6O2S/c25-18-1-4-20(5-2-18)35(33,34)28-9-12-31-10-7-17(8-11-31)15-32-16-24(29-30-32)22-14-27-23-6-3-19(26)13-21(22)23/h1-6,13-14,16-17,27-28H,7-12,15H2. The second-order valence-corrected chi connectivity index (χ2v) is 11.1. The molecule has 1 fully saturated rings. The summed E-state index contributed by atoms with van der Waals surface area (Å²) in [5.74, 6) is 0.183. The average molecular weight is 517 g/mol. The molecule has 0 amide bonds. The van der Waals surface area contributed by atoms with Gasteiger partial charge in [-0.2, -0.15) is 0 Å². The van der Waals surface area contributed by atoms with Crippen LogP contribution in [0.3, 0.4) is 0 Å². The van der Waals surface area contributed by atoms with Crippen molar-refractivity contribution in [3.8, 4) is 11.3 Å². The van der Waals surface area contributed by atoms with Gasteiger partial charge < -0.3 is 9.88 Å². The van der Waals surface area contributed by atoms with E-state index < -0.39 is 10.0 Å². The highest BCUT2D eigenvalue weighted by molar-refractivity contribution is 7.89. The number of hydrogen-bond donors (Lipinski definition) is 2. The van der Waals surface area contributed by atoms with E-state index in [1.165, 1.54) is 24.3 Å². The van der Waals surface area contributed by atoms with Gasteiger partial charge in [0.05, 0.1) is 11.1 Å². The van der Waals surface area contributed by atoms with E-state index in [4.69, 9.17) is 11.6 Å². The number of rotatable bonds is 8. The Kier molecular flexibility index (Phi) is 6.88. The summed E-state index contributed by atoms with van der Waals surface area (Å²) < 4.78 is 43.0. The first-order valence-electron chi connectivity index (χ1n) is 11.5. The molecule has 0 atom stereocenters. The number of benzene rings is 2. The van der Waals surface area contributed by atoms with Crippen LogP contribution in [0.4, 0.5) is 4.39 Å². The number of likely N-dealkylation sites (tertiary alicyclic amines) is 1. The van der Waals surface area contributed by atoms with Gasteiger partial charge in [0, 0.05) is 47.3 Å². The van der Waals surface area contributed by atoms with Crippen molar-refractivity contribution in [3.63, 3.8) is 0 Å². The highest BCUT2D eigenvalue weighted by Gasteiger charge is 2.21. The predicted octanol–water partition coefficient (Wildman–Crippen LogP) is 3.91. The normalized spacial score (nSPS) is 15.7. The molecule has 0 aliphatic carbocycles. The Hall–Kier alpha value is -2.79. The molecule has 35 heavy (non-hydrogen) atoms. The molecule has 1 saturated heterocycles. The Morgan fingerprint density at radius 2 is 1.91 bits per heavy atom. The Labute approximate surface area is 208 Å². The average Bonchev–Trinajstić information content (AvgIpc) is 3.47. The zero-order chi connectivity index (χ0) is 24.4. The lowest BCUT2D eigenvalue weighted by molar-refractivity contribution is 0.173. The third kappa shape index (κ3) is 5.56. The van der Waals surface area contributed by atoms with Crippen LogP contribution in [0.2, 0.25) is 5.02 Å². The number of halogens is 2. The second kappa shape index (κ2) is 10.1. The molecular formula is C24H26ClFN6O2S. The molecule has 2 aromatic carbocycles. The summed E-state index contributed by atoms with van der Waals surface area (Å²) in [6.45, 7) is 3.57. The molecule has 3 heterocycles. The van der Waals surface area contributed by atoms with Crippen LogP contribution >= 0.6 is 11.6 Å². The first-order chi connectivity index (χ1) is 16.9.